The van der Waals surface area contributed by atoms with Crippen LogP contribution in [0.25, 0.3) is 10.8 Å². The number of fused-ring (bicyclic) bond motifs is 1. The number of aromatic nitrogens is 1. The molecule has 24 heavy (non-hydrogen) atoms. The van der Waals surface area contributed by atoms with Crippen molar-refractivity contribution in [1.82, 2.24) is 4.57 Å². The summed E-state index contributed by atoms with van der Waals surface area (Å²) in [4.78, 5) is 12.9. The Bertz CT molecular complexity index is 985. The smallest absolute Gasteiger partial charge is 0.261 e. The summed E-state index contributed by atoms with van der Waals surface area (Å²) in [7, 11) is 0. The zero-order chi connectivity index (χ0) is 16.7. The number of unbranched alkanes of at least 4 members (excludes halogenated alkanes) is 1. The third-order valence-electron chi connectivity index (χ3n) is 5.06. The van der Waals surface area contributed by atoms with Crippen molar-refractivity contribution in [2.45, 2.75) is 39.2 Å². The van der Waals surface area contributed by atoms with Gasteiger partial charge in [-0.05, 0) is 41.0 Å². The lowest BCUT2D eigenvalue weighted by molar-refractivity contribution is 0.398. The Labute approximate surface area is 141 Å². The van der Waals surface area contributed by atoms with Crippen molar-refractivity contribution in [3.05, 3.63) is 75.1 Å². The van der Waals surface area contributed by atoms with Crippen LogP contribution in [0.4, 0.5) is 0 Å². The molecule has 0 saturated carbocycles. The lowest BCUT2D eigenvalue weighted by Gasteiger charge is -2.16. The van der Waals surface area contributed by atoms with Gasteiger partial charge in [0.1, 0.15) is 0 Å². The van der Waals surface area contributed by atoms with E-state index in [0.29, 0.717) is 13.0 Å². The highest BCUT2D eigenvalue weighted by molar-refractivity contribution is 5.90. The van der Waals surface area contributed by atoms with Gasteiger partial charge in [0, 0.05) is 23.9 Å². The fourth-order valence-corrected chi connectivity index (χ4v) is 3.79. The number of hydrogen-bond donors (Lipinski definition) is 1. The number of aromatic hydroxyl groups is 1. The van der Waals surface area contributed by atoms with E-state index in [1.165, 1.54) is 11.1 Å². The van der Waals surface area contributed by atoms with E-state index in [4.69, 9.17) is 0 Å². The van der Waals surface area contributed by atoms with Crippen molar-refractivity contribution in [2.24, 2.45) is 0 Å². The summed E-state index contributed by atoms with van der Waals surface area (Å²) >= 11 is 0. The van der Waals surface area contributed by atoms with Gasteiger partial charge in [-0.25, -0.2) is 0 Å². The summed E-state index contributed by atoms with van der Waals surface area (Å²) in [5.41, 5.74) is 4.44. The zero-order valence-electron chi connectivity index (χ0n) is 13.9. The van der Waals surface area contributed by atoms with Crippen LogP contribution < -0.4 is 5.56 Å². The molecule has 1 aliphatic carbocycles. The molecule has 0 spiro atoms. The van der Waals surface area contributed by atoms with Gasteiger partial charge in [-0.1, -0.05) is 49.7 Å². The van der Waals surface area contributed by atoms with Crippen LogP contribution in [0, 0.1) is 0 Å². The molecule has 0 amide bonds. The van der Waals surface area contributed by atoms with Crippen molar-refractivity contribution >= 4 is 10.8 Å². The third kappa shape index (κ3) is 2.23. The quantitative estimate of drug-likeness (QED) is 0.620. The molecule has 0 saturated heterocycles. The number of benzene rings is 2. The van der Waals surface area contributed by atoms with E-state index in [2.05, 4.69) is 31.2 Å². The molecule has 0 atom stereocenters. The van der Waals surface area contributed by atoms with Gasteiger partial charge in [-0.3, -0.25) is 9.36 Å². The molecule has 1 heterocycles. The van der Waals surface area contributed by atoms with Gasteiger partial charge in [-0.2, -0.15) is 0 Å². The summed E-state index contributed by atoms with van der Waals surface area (Å²) in [6, 6.07) is 14.3. The molecule has 0 fully saturated rings. The van der Waals surface area contributed by atoms with Gasteiger partial charge >= 0.3 is 0 Å². The minimum absolute atomic E-state index is 0.0764. The lowest BCUT2D eigenvalue weighted by atomic mass is 9.99. The fraction of sp³-hybridized carbons (Fsp3) is 0.286. The van der Waals surface area contributed by atoms with E-state index in [1.54, 1.807) is 4.57 Å². The topological polar surface area (TPSA) is 42.2 Å². The van der Waals surface area contributed by atoms with Gasteiger partial charge in [0.05, 0.1) is 0 Å². The summed E-state index contributed by atoms with van der Waals surface area (Å²) in [5, 5.41) is 12.5. The van der Waals surface area contributed by atoms with Gasteiger partial charge < -0.3 is 5.11 Å². The predicted octanol–water partition coefficient (Wildman–Crippen LogP) is 4.00. The number of hydrogen-bond acceptors (Lipinski definition) is 2. The largest absolute Gasteiger partial charge is 0.494 e. The molecule has 3 aromatic rings. The molecule has 3 heteroatoms. The van der Waals surface area contributed by atoms with Crippen molar-refractivity contribution in [1.29, 1.82) is 0 Å². The molecule has 0 unspecified atom stereocenters. The van der Waals surface area contributed by atoms with Gasteiger partial charge in [-0.15, -0.1) is 0 Å². The summed E-state index contributed by atoms with van der Waals surface area (Å²) in [6.07, 6.45) is 3.34. The first-order valence-electron chi connectivity index (χ1n) is 8.63. The van der Waals surface area contributed by atoms with Gasteiger partial charge in [0.15, 0.2) is 5.88 Å². The Balaban J connectivity index is 2.05. The van der Waals surface area contributed by atoms with Crippen molar-refractivity contribution in [3.8, 4) is 5.88 Å². The highest BCUT2D eigenvalue weighted by Crippen LogP contribution is 2.35. The van der Waals surface area contributed by atoms with Crippen molar-refractivity contribution in [2.75, 3.05) is 0 Å². The average Bonchev–Trinajstić information content (AvgIpc) is 2.77. The highest BCUT2D eigenvalue weighted by atomic mass is 16.3. The molecule has 0 bridgehead atoms. The standard InChI is InChI=1S/C21H21NO2/c1-2-3-11-22-20(23)17-10-6-9-16-12-14-7-4-5-8-15(14)13-18(19(16)17)21(22)24/h4-10,24H,2-3,11-13H2,1H3. The monoisotopic (exact) mass is 319 g/mol. The van der Waals surface area contributed by atoms with Crippen LogP contribution in [0.3, 0.4) is 0 Å². The lowest BCUT2D eigenvalue weighted by Crippen LogP contribution is -2.22. The molecule has 4 rings (SSSR count). The van der Waals surface area contributed by atoms with Gasteiger partial charge in [0.2, 0.25) is 0 Å². The average molecular weight is 319 g/mol. The zero-order valence-corrected chi connectivity index (χ0v) is 13.9. The minimum Gasteiger partial charge on any atom is -0.494 e. The first-order valence-corrected chi connectivity index (χ1v) is 8.63. The molecule has 2 aromatic carbocycles. The van der Waals surface area contributed by atoms with Crippen molar-refractivity contribution in [3.63, 3.8) is 0 Å². The fourth-order valence-electron chi connectivity index (χ4n) is 3.79. The second-order valence-electron chi connectivity index (χ2n) is 6.57. The van der Waals surface area contributed by atoms with E-state index >= 15 is 0 Å². The van der Waals surface area contributed by atoms with Crippen molar-refractivity contribution < 1.29 is 5.11 Å². The van der Waals surface area contributed by atoms with E-state index in [1.807, 2.05) is 18.2 Å². The van der Waals surface area contributed by atoms with Gasteiger partial charge in [0.25, 0.3) is 5.56 Å². The Kier molecular flexibility index (Phi) is 3.64. The maximum atomic E-state index is 12.9. The molecule has 0 aliphatic heterocycles. The molecule has 1 aliphatic rings. The Morgan fingerprint density at radius 2 is 1.71 bits per heavy atom. The first kappa shape index (κ1) is 15.0. The van der Waals surface area contributed by atoms with Crippen LogP contribution in [-0.4, -0.2) is 9.67 Å². The van der Waals surface area contributed by atoms with E-state index < -0.39 is 0 Å². The molecular formula is C21H21NO2. The van der Waals surface area contributed by atoms with Crippen LogP contribution in [0.15, 0.2) is 47.3 Å². The molecule has 122 valence electrons. The van der Waals surface area contributed by atoms with E-state index in [9.17, 15) is 9.90 Å². The Hall–Kier alpha value is -2.55. The molecular weight excluding hydrogens is 298 g/mol. The van der Waals surface area contributed by atoms with Crippen LogP contribution in [0.1, 0.15) is 42.0 Å². The van der Waals surface area contributed by atoms with Crippen LogP contribution in [0.2, 0.25) is 0 Å². The summed E-state index contributed by atoms with van der Waals surface area (Å²) in [6.45, 7) is 2.66. The molecule has 0 radical (unpaired) electrons. The molecule has 3 nitrogen and oxygen atoms in total. The van der Waals surface area contributed by atoms with Crippen LogP contribution in [-0.2, 0) is 19.4 Å². The minimum atomic E-state index is -0.0764. The normalized spacial score (nSPS) is 12.9. The van der Waals surface area contributed by atoms with Crippen LogP contribution in [0.5, 0.6) is 5.88 Å². The first-order chi connectivity index (χ1) is 11.7. The second kappa shape index (κ2) is 5.82. The molecule has 1 aromatic heterocycles. The second-order valence-corrected chi connectivity index (χ2v) is 6.57. The number of pyridine rings is 1. The summed E-state index contributed by atoms with van der Waals surface area (Å²) in [5.74, 6) is 0.144. The highest BCUT2D eigenvalue weighted by Gasteiger charge is 2.22. The SMILES string of the molecule is CCCCn1c(O)c2c3c(cccc3c1=O)Cc1ccccc1C2. The van der Waals surface area contributed by atoms with E-state index in [-0.39, 0.29) is 11.4 Å². The maximum absolute atomic E-state index is 12.9. The predicted molar refractivity (Wildman–Crippen MR) is 96.8 cm³/mol. The third-order valence-corrected chi connectivity index (χ3v) is 5.06. The Morgan fingerprint density at radius 1 is 1.00 bits per heavy atom. The summed E-state index contributed by atoms with van der Waals surface area (Å²) < 4.78 is 1.55. The molecule has 1 N–H and O–H groups in total. The van der Waals surface area contributed by atoms with Crippen LogP contribution >= 0.6 is 0 Å². The number of nitrogens with zero attached hydrogens (tertiary/aromatic N) is 1. The van der Waals surface area contributed by atoms with E-state index in [0.717, 1.165) is 41.2 Å². The Morgan fingerprint density at radius 3 is 2.46 bits per heavy atom. The maximum Gasteiger partial charge on any atom is 0.261 e. The number of rotatable bonds is 3.